The second-order valence-corrected chi connectivity index (χ2v) is 8.38. The van der Waals surface area contributed by atoms with Gasteiger partial charge in [-0.15, -0.1) is 10.2 Å². The molecule has 0 aliphatic carbocycles. The Hall–Kier alpha value is -2.64. The van der Waals surface area contributed by atoms with Crippen LogP contribution in [0, 0.1) is 5.41 Å². The Labute approximate surface area is 160 Å². The van der Waals surface area contributed by atoms with Gasteiger partial charge in [-0.3, -0.25) is 4.79 Å². The third-order valence-corrected chi connectivity index (χ3v) is 3.83. The van der Waals surface area contributed by atoms with E-state index in [0.29, 0.717) is 17.3 Å². The highest BCUT2D eigenvalue weighted by molar-refractivity contribution is 5.76. The fraction of sp³-hybridized carbons (Fsp3) is 0.579. The summed E-state index contributed by atoms with van der Waals surface area (Å²) in [6, 6.07) is 5.36. The van der Waals surface area contributed by atoms with E-state index in [1.54, 1.807) is 26.4 Å². The van der Waals surface area contributed by atoms with Gasteiger partial charge < -0.3 is 14.8 Å². The Kier molecular flexibility index (Phi) is 6.08. The normalized spacial score (nSPS) is 12.0. The summed E-state index contributed by atoms with van der Waals surface area (Å²) >= 11 is 0. The van der Waals surface area contributed by atoms with E-state index in [2.05, 4.69) is 41.5 Å². The maximum atomic E-state index is 12.4. The minimum atomic E-state index is -0.317. The number of nitrogens with one attached hydrogen (secondary N) is 1. The summed E-state index contributed by atoms with van der Waals surface area (Å²) in [4.78, 5) is 13.7. The maximum absolute atomic E-state index is 12.4. The third-order valence-electron chi connectivity index (χ3n) is 3.83. The molecule has 0 aliphatic heterocycles. The van der Waals surface area contributed by atoms with E-state index in [1.165, 1.54) is 4.80 Å². The molecule has 27 heavy (non-hydrogen) atoms. The van der Waals surface area contributed by atoms with Gasteiger partial charge in [-0.25, -0.2) is 0 Å². The molecule has 0 unspecified atom stereocenters. The summed E-state index contributed by atoms with van der Waals surface area (Å²) in [7, 11) is 3.14. The van der Waals surface area contributed by atoms with Crippen LogP contribution in [0.25, 0.3) is 11.4 Å². The van der Waals surface area contributed by atoms with Crippen molar-refractivity contribution in [3.63, 3.8) is 0 Å². The SMILES string of the molecule is COc1ccc(-c2nnn(CC(=O)NC(C)(C)CC(C)(C)C)n2)cc1OC. The van der Waals surface area contributed by atoms with E-state index in [4.69, 9.17) is 9.47 Å². The summed E-state index contributed by atoms with van der Waals surface area (Å²) in [5, 5.41) is 15.3. The molecule has 1 amide bonds. The van der Waals surface area contributed by atoms with Gasteiger partial charge in [0.05, 0.1) is 14.2 Å². The van der Waals surface area contributed by atoms with Crippen molar-refractivity contribution < 1.29 is 14.3 Å². The molecule has 1 aromatic carbocycles. The Balaban J connectivity index is 2.07. The molecule has 8 nitrogen and oxygen atoms in total. The standard InChI is InChI=1S/C19H29N5O3/c1-18(2,3)12-19(4,5)20-16(25)11-24-22-17(21-23-24)13-8-9-14(26-6)15(10-13)27-7/h8-10H,11-12H2,1-7H3,(H,20,25). The molecule has 0 fully saturated rings. The lowest BCUT2D eigenvalue weighted by molar-refractivity contribution is -0.124. The highest BCUT2D eigenvalue weighted by atomic mass is 16.5. The van der Waals surface area contributed by atoms with E-state index >= 15 is 0 Å². The topological polar surface area (TPSA) is 91.2 Å². The van der Waals surface area contributed by atoms with Crippen LogP contribution >= 0.6 is 0 Å². The van der Waals surface area contributed by atoms with Crippen molar-refractivity contribution in [1.29, 1.82) is 0 Å². The van der Waals surface area contributed by atoms with Gasteiger partial charge in [0.25, 0.3) is 0 Å². The first kappa shape index (κ1) is 20.7. The number of ether oxygens (including phenoxy) is 2. The number of rotatable bonds is 7. The maximum Gasteiger partial charge on any atom is 0.244 e. The molecule has 0 bridgehead atoms. The van der Waals surface area contributed by atoms with Crippen LogP contribution in [0.1, 0.15) is 41.0 Å². The van der Waals surface area contributed by atoms with Gasteiger partial charge in [0.15, 0.2) is 11.5 Å². The Morgan fingerprint density at radius 3 is 2.37 bits per heavy atom. The molecule has 0 saturated heterocycles. The first-order valence-corrected chi connectivity index (χ1v) is 8.84. The molecular formula is C19H29N5O3. The predicted octanol–water partition coefficient (Wildman–Crippen LogP) is 2.69. The average Bonchev–Trinajstić information content (AvgIpc) is 2.99. The minimum Gasteiger partial charge on any atom is -0.493 e. The summed E-state index contributed by atoms with van der Waals surface area (Å²) in [5.41, 5.74) is 0.526. The summed E-state index contributed by atoms with van der Waals surface area (Å²) < 4.78 is 10.5. The van der Waals surface area contributed by atoms with Crippen molar-refractivity contribution >= 4 is 5.91 Å². The molecule has 148 valence electrons. The fourth-order valence-electron chi connectivity index (χ4n) is 3.32. The quantitative estimate of drug-likeness (QED) is 0.800. The summed E-state index contributed by atoms with van der Waals surface area (Å²) in [5.74, 6) is 1.46. The Morgan fingerprint density at radius 2 is 1.78 bits per heavy atom. The van der Waals surface area contributed by atoms with Crippen LogP contribution in [0.3, 0.4) is 0 Å². The van der Waals surface area contributed by atoms with Crippen LogP contribution in [0.2, 0.25) is 0 Å². The van der Waals surface area contributed by atoms with Crippen molar-refractivity contribution in [2.75, 3.05) is 14.2 Å². The lowest BCUT2D eigenvalue weighted by Crippen LogP contribution is -2.47. The Bertz CT molecular complexity index is 793. The third kappa shape index (κ3) is 5.94. The second kappa shape index (κ2) is 7.94. The molecule has 8 heteroatoms. The lowest BCUT2D eigenvalue weighted by Gasteiger charge is -2.33. The number of methoxy groups -OCH3 is 2. The zero-order valence-corrected chi connectivity index (χ0v) is 17.2. The number of tetrazole rings is 1. The van der Waals surface area contributed by atoms with Crippen molar-refractivity contribution in [3.05, 3.63) is 18.2 Å². The van der Waals surface area contributed by atoms with Gasteiger partial charge in [0.2, 0.25) is 11.7 Å². The molecule has 0 spiro atoms. The minimum absolute atomic E-state index is 0.00780. The monoisotopic (exact) mass is 375 g/mol. The van der Waals surface area contributed by atoms with Crippen LogP contribution in [-0.4, -0.2) is 45.9 Å². The molecule has 1 heterocycles. The van der Waals surface area contributed by atoms with Crippen LogP contribution in [0.15, 0.2) is 18.2 Å². The molecular weight excluding hydrogens is 346 g/mol. The van der Waals surface area contributed by atoms with Gasteiger partial charge in [0, 0.05) is 11.1 Å². The molecule has 0 aliphatic rings. The van der Waals surface area contributed by atoms with Crippen molar-refractivity contribution in [1.82, 2.24) is 25.5 Å². The van der Waals surface area contributed by atoms with E-state index in [-0.39, 0.29) is 23.4 Å². The molecule has 2 aromatic rings. The second-order valence-electron chi connectivity index (χ2n) is 8.38. The molecule has 2 rings (SSSR count). The zero-order chi connectivity index (χ0) is 20.2. The van der Waals surface area contributed by atoms with Crippen molar-refractivity contribution in [2.24, 2.45) is 5.41 Å². The first-order chi connectivity index (χ1) is 12.5. The van der Waals surface area contributed by atoms with Crippen LogP contribution in [-0.2, 0) is 11.3 Å². The highest BCUT2D eigenvalue weighted by Gasteiger charge is 2.27. The molecule has 0 radical (unpaired) electrons. The zero-order valence-electron chi connectivity index (χ0n) is 17.2. The fourth-order valence-corrected chi connectivity index (χ4v) is 3.32. The van der Waals surface area contributed by atoms with E-state index in [0.717, 1.165) is 12.0 Å². The van der Waals surface area contributed by atoms with E-state index < -0.39 is 0 Å². The number of benzene rings is 1. The average molecular weight is 375 g/mol. The number of nitrogens with zero attached hydrogens (tertiary/aromatic N) is 4. The smallest absolute Gasteiger partial charge is 0.244 e. The van der Waals surface area contributed by atoms with Crippen LogP contribution in [0.4, 0.5) is 0 Å². The van der Waals surface area contributed by atoms with Crippen LogP contribution in [0.5, 0.6) is 11.5 Å². The largest absolute Gasteiger partial charge is 0.493 e. The number of hydrogen-bond acceptors (Lipinski definition) is 6. The van der Waals surface area contributed by atoms with E-state index in [1.807, 2.05) is 19.9 Å². The molecule has 1 N–H and O–H groups in total. The highest BCUT2D eigenvalue weighted by Crippen LogP contribution is 2.30. The van der Waals surface area contributed by atoms with Crippen molar-refractivity contribution in [3.8, 4) is 22.9 Å². The summed E-state index contributed by atoms with van der Waals surface area (Å²) in [6.07, 6.45) is 0.855. The number of aromatic nitrogens is 4. The van der Waals surface area contributed by atoms with Crippen LogP contribution < -0.4 is 14.8 Å². The Morgan fingerprint density at radius 1 is 1.11 bits per heavy atom. The van der Waals surface area contributed by atoms with Gasteiger partial charge in [-0.2, -0.15) is 4.80 Å². The first-order valence-electron chi connectivity index (χ1n) is 8.84. The number of amides is 1. The van der Waals surface area contributed by atoms with Crippen molar-refractivity contribution in [2.45, 2.75) is 53.1 Å². The van der Waals surface area contributed by atoms with Gasteiger partial charge in [-0.05, 0) is 49.1 Å². The number of carbonyl (C=O) groups is 1. The number of carbonyl (C=O) groups excluding carboxylic acids is 1. The predicted molar refractivity (Wildman–Crippen MR) is 103 cm³/mol. The molecule has 0 saturated carbocycles. The van der Waals surface area contributed by atoms with Gasteiger partial charge in [-0.1, -0.05) is 20.8 Å². The van der Waals surface area contributed by atoms with E-state index in [9.17, 15) is 4.79 Å². The lowest BCUT2D eigenvalue weighted by atomic mass is 9.82. The summed E-state index contributed by atoms with van der Waals surface area (Å²) in [6.45, 7) is 10.5. The van der Waals surface area contributed by atoms with Gasteiger partial charge in [0.1, 0.15) is 6.54 Å². The van der Waals surface area contributed by atoms with Gasteiger partial charge >= 0.3 is 0 Å². The molecule has 0 atom stereocenters. The number of hydrogen-bond donors (Lipinski definition) is 1. The molecule has 1 aromatic heterocycles.